The van der Waals surface area contributed by atoms with Gasteiger partial charge in [0.05, 0.1) is 5.69 Å². The topological polar surface area (TPSA) is 70.4 Å². The zero-order chi connectivity index (χ0) is 20.3. The average Bonchev–Trinajstić information content (AvgIpc) is 2.68. The zero-order valence-electron chi connectivity index (χ0n) is 17.2. The summed E-state index contributed by atoms with van der Waals surface area (Å²) in [7, 11) is 0. The van der Waals surface area contributed by atoms with Gasteiger partial charge in [-0.05, 0) is 80.0 Å². The first-order valence-electron chi connectivity index (χ1n) is 10.4. The molecule has 4 heteroatoms. The van der Waals surface area contributed by atoms with Crippen LogP contribution in [0.15, 0.2) is 18.2 Å². The highest BCUT2D eigenvalue weighted by molar-refractivity contribution is 5.67. The molecule has 0 bridgehead atoms. The van der Waals surface area contributed by atoms with Crippen molar-refractivity contribution >= 4 is 5.97 Å². The summed E-state index contributed by atoms with van der Waals surface area (Å²) >= 11 is 0. The number of hydrogen-bond acceptors (Lipinski definition) is 3. The molecule has 28 heavy (non-hydrogen) atoms. The predicted molar refractivity (Wildman–Crippen MR) is 111 cm³/mol. The Hall–Kier alpha value is -2.36. The van der Waals surface area contributed by atoms with Crippen molar-refractivity contribution in [2.24, 2.45) is 0 Å². The Kier molecular flexibility index (Phi) is 6.38. The first-order valence-corrected chi connectivity index (χ1v) is 10.4. The van der Waals surface area contributed by atoms with Gasteiger partial charge in [-0.2, -0.15) is 0 Å². The van der Waals surface area contributed by atoms with Gasteiger partial charge in [0.2, 0.25) is 0 Å². The molecule has 1 aromatic carbocycles. The fourth-order valence-electron chi connectivity index (χ4n) is 4.46. The van der Waals surface area contributed by atoms with Crippen molar-refractivity contribution in [3.63, 3.8) is 0 Å². The van der Waals surface area contributed by atoms with E-state index in [2.05, 4.69) is 26.8 Å². The summed E-state index contributed by atoms with van der Waals surface area (Å²) < 4.78 is 0. The molecule has 1 fully saturated rings. The highest BCUT2D eigenvalue weighted by atomic mass is 16.4. The van der Waals surface area contributed by atoms with E-state index in [1.807, 2.05) is 6.07 Å². The number of carbonyl (C=O) groups is 1. The Balaban J connectivity index is 1.87. The number of pyridine rings is 1. The fourth-order valence-corrected chi connectivity index (χ4v) is 4.46. The van der Waals surface area contributed by atoms with E-state index in [0.29, 0.717) is 18.1 Å². The first kappa shape index (κ1) is 20.4. The number of benzene rings is 1. The lowest BCUT2D eigenvalue weighted by atomic mass is 9.86. The molecule has 2 aromatic rings. The maximum absolute atomic E-state index is 10.9. The van der Waals surface area contributed by atoms with Crippen LogP contribution in [0.3, 0.4) is 0 Å². The first-order chi connectivity index (χ1) is 13.4. The lowest BCUT2D eigenvalue weighted by Gasteiger charge is -2.22. The number of aromatic nitrogens is 1. The Morgan fingerprint density at radius 2 is 1.82 bits per heavy atom. The minimum absolute atomic E-state index is 0.156. The summed E-state index contributed by atoms with van der Waals surface area (Å²) in [5.74, 6) is -0.0670. The number of aromatic hydroxyl groups is 1. The monoisotopic (exact) mass is 381 g/mol. The third-order valence-corrected chi connectivity index (χ3v) is 6.28. The second-order valence-corrected chi connectivity index (χ2v) is 8.19. The lowest BCUT2D eigenvalue weighted by Crippen LogP contribution is -2.09. The largest absolute Gasteiger partial charge is 0.506 e. The standard InChI is InChI=1S/C24H31NO3/c1-15-13-19(9-12-23(27)28)16(2)17(3)21(15)14-20-10-11-22(26)24(25-20)18-7-5-4-6-8-18/h10-11,13,18,26H,4-9,12,14H2,1-3H3,(H,27,28). The van der Waals surface area contributed by atoms with Gasteiger partial charge in [-0.25, -0.2) is 0 Å². The van der Waals surface area contributed by atoms with Crippen LogP contribution in [0, 0.1) is 20.8 Å². The summed E-state index contributed by atoms with van der Waals surface area (Å²) in [6.07, 6.45) is 7.38. The van der Waals surface area contributed by atoms with Gasteiger partial charge in [0.1, 0.15) is 5.75 Å². The molecule has 150 valence electrons. The molecule has 0 radical (unpaired) electrons. The van der Waals surface area contributed by atoms with Crippen LogP contribution in [0.4, 0.5) is 0 Å². The van der Waals surface area contributed by atoms with Crippen molar-refractivity contribution < 1.29 is 15.0 Å². The summed E-state index contributed by atoms with van der Waals surface area (Å²) in [6.45, 7) is 6.28. The van der Waals surface area contributed by atoms with E-state index >= 15 is 0 Å². The number of carboxylic acids is 1. The Morgan fingerprint density at radius 3 is 2.50 bits per heavy atom. The molecule has 1 heterocycles. The molecule has 0 aliphatic heterocycles. The minimum atomic E-state index is -0.762. The molecule has 0 atom stereocenters. The lowest BCUT2D eigenvalue weighted by molar-refractivity contribution is -0.136. The average molecular weight is 382 g/mol. The van der Waals surface area contributed by atoms with Gasteiger partial charge in [-0.3, -0.25) is 9.78 Å². The quantitative estimate of drug-likeness (QED) is 0.706. The third kappa shape index (κ3) is 4.54. The van der Waals surface area contributed by atoms with E-state index in [1.165, 1.54) is 41.5 Å². The molecule has 0 unspecified atom stereocenters. The van der Waals surface area contributed by atoms with Gasteiger partial charge in [0.15, 0.2) is 0 Å². The number of aryl methyl sites for hydroxylation is 2. The highest BCUT2D eigenvalue weighted by Gasteiger charge is 2.21. The second-order valence-electron chi connectivity index (χ2n) is 8.19. The van der Waals surface area contributed by atoms with Crippen LogP contribution in [-0.4, -0.2) is 21.2 Å². The van der Waals surface area contributed by atoms with E-state index in [0.717, 1.165) is 36.2 Å². The van der Waals surface area contributed by atoms with E-state index in [9.17, 15) is 9.90 Å². The van der Waals surface area contributed by atoms with Gasteiger partial charge >= 0.3 is 5.97 Å². The van der Waals surface area contributed by atoms with E-state index in [-0.39, 0.29) is 6.42 Å². The van der Waals surface area contributed by atoms with Gasteiger partial charge in [-0.1, -0.05) is 25.3 Å². The second kappa shape index (κ2) is 8.76. The molecule has 1 aromatic heterocycles. The number of hydrogen-bond donors (Lipinski definition) is 2. The highest BCUT2D eigenvalue weighted by Crippen LogP contribution is 2.36. The SMILES string of the molecule is Cc1cc(CCC(=O)O)c(C)c(C)c1Cc1ccc(O)c(C2CCCCC2)n1. The maximum atomic E-state index is 10.9. The molecule has 2 N–H and O–H groups in total. The number of carboxylic acid groups (broad SMARTS) is 1. The molecule has 4 nitrogen and oxygen atoms in total. The van der Waals surface area contributed by atoms with Crippen LogP contribution in [0.1, 0.15) is 83.6 Å². The molecular weight excluding hydrogens is 350 g/mol. The molecule has 1 saturated carbocycles. The van der Waals surface area contributed by atoms with Crippen molar-refractivity contribution in [2.45, 2.75) is 78.1 Å². The summed E-state index contributed by atoms with van der Waals surface area (Å²) in [6, 6.07) is 5.85. The van der Waals surface area contributed by atoms with E-state index < -0.39 is 5.97 Å². The summed E-state index contributed by atoms with van der Waals surface area (Å²) in [4.78, 5) is 15.8. The van der Waals surface area contributed by atoms with Crippen LogP contribution in [-0.2, 0) is 17.6 Å². The Bertz CT molecular complexity index is 867. The Morgan fingerprint density at radius 1 is 1.11 bits per heavy atom. The molecule has 0 amide bonds. The maximum Gasteiger partial charge on any atom is 0.303 e. The van der Waals surface area contributed by atoms with Crippen LogP contribution in [0.2, 0.25) is 0 Å². The molecule has 3 rings (SSSR count). The summed E-state index contributed by atoms with van der Waals surface area (Å²) in [5.41, 5.74) is 7.79. The number of aliphatic carboxylic acids is 1. The molecule has 0 saturated heterocycles. The number of rotatable bonds is 6. The molecular formula is C24H31NO3. The third-order valence-electron chi connectivity index (χ3n) is 6.28. The summed E-state index contributed by atoms with van der Waals surface area (Å²) in [5, 5.41) is 19.3. The molecule has 1 aliphatic carbocycles. The van der Waals surface area contributed by atoms with Crippen molar-refractivity contribution in [3.05, 3.63) is 57.4 Å². The van der Waals surface area contributed by atoms with Crippen LogP contribution in [0.25, 0.3) is 0 Å². The fraction of sp³-hybridized carbons (Fsp3) is 0.500. The number of nitrogens with zero attached hydrogens (tertiary/aromatic N) is 1. The van der Waals surface area contributed by atoms with Gasteiger partial charge in [-0.15, -0.1) is 0 Å². The van der Waals surface area contributed by atoms with Crippen molar-refractivity contribution in [1.29, 1.82) is 0 Å². The normalized spacial score (nSPS) is 15.0. The van der Waals surface area contributed by atoms with E-state index in [4.69, 9.17) is 10.1 Å². The zero-order valence-corrected chi connectivity index (χ0v) is 17.2. The molecule has 1 aliphatic rings. The van der Waals surface area contributed by atoms with Gasteiger partial charge < -0.3 is 10.2 Å². The smallest absolute Gasteiger partial charge is 0.303 e. The van der Waals surface area contributed by atoms with Gasteiger partial charge in [0, 0.05) is 24.5 Å². The van der Waals surface area contributed by atoms with Crippen LogP contribution < -0.4 is 0 Å². The van der Waals surface area contributed by atoms with Crippen molar-refractivity contribution in [3.8, 4) is 5.75 Å². The van der Waals surface area contributed by atoms with Gasteiger partial charge in [0.25, 0.3) is 0 Å². The van der Waals surface area contributed by atoms with Crippen LogP contribution in [0.5, 0.6) is 5.75 Å². The molecule has 0 spiro atoms. The minimum Gasteiger partial charge on any atom is -0.506 e. The Labute approximate surface area is 167 Å². The van der Waals surface area contributed by atoms with E-state index in [1.54, 1.807) is 6.07 Å². The predicted octanol–water partition coefficient (Wildman–Crippen LogP) is 5.37. The van der Waals surface area contributed by atoms with Crippen LogP contribution >= 0.6 is 0 Å². The van der Waals surface area contributed by atoms with Crippen molar-refractivity contribution in [2.75, 3.05) is 0 Å². The van der Waals surface area contributed by atoms with Crippen molar-refractivity contribution in [1.82, 2.24) is 4.98 Å².